The second-order valence-corrected chi connectivity index (χ2v) is 6.45. The van der Waals surface area contributed by atoms with E-state index in [9.17, 15) is 9.59 Å². The maximum absolute atomic E-state index is 11.9. The molecule has 0 saturated carbocycles. The van der Waals surface area contributed by atoms with Crippen LogP contribution in [0.5, 0.6) is 0 Å². The minimum Gasteiger partial charge on any atom is -0.344 e. The van der Waals surface area contributed by atoms with Gasteiger partial charge in [-0.25, -0.2) is 4.98 Å². The van der Waals surface area contributed by atoms with Crippen molar-refractivity contribution in [3.05, 3.63) is 39.0 Å². The Morgan fingerprint density at radius 3 is 2.76 bits per heavy atom. The summed E-state index contributed by atoms with van der Waals surface area (Å²) < 4.78 is 0. The predicted octanol–water partition coefficient (Wildman–Crippen LogP) is 2.87. The first-order chi connectivity index (χ1) is 9.97. The van der Waals surface area contributed by atoms with Crippen LogP contribution in [0.3, 0.4) is 0 Å². The molecule has 0 unspecified atom stereocenters. The van der Waals surface area contributed by atoms with Gasteiger partial charge in [-0.05, 0) is 24.4 Å². The normalized spacial score (nSPS) is 10.8. The molecule has 0 spiro atoms. The Morgan fingerprint density at radius 2 is 2.14 bits per heavy atom. The number of carbonyl (C=O) groups is 2. The average Bonchev–Trinajstić information content (AvgIpc) is 3.05. The van der Waals surface area contributed by atoms with Crippen molar-refractivity contribution < 1.29 is 9.59 Å². The van der Waals surface area contributed by atoms with E-state index >= 15 is 0 Å². The lowest BCUT2D eigenvalue weighted by atomic mass is 10.3. The van der Waals surface area contributed by atoms with Crippen molar-refractivity contribution in [2.24, 2.45) is 0 Å². The van der Waals surface area contributed by atoms with Gasteiger partial charge >= 0.3 is 0 Å². The Morgan fingerprint density at radius 1 is 1.38 bits per heavy atom. The van der Waals surface area contributed by atoms with Crippen LogP contribution in [0.1, 0.15) is 20.2 Å². The van der Waals surface area contributed by atoms with Crippen molar-refractivity contribution in [3.8, 4) is 0 Å². The summed E-state index contributed by atoms with van der Waals surface area (Å²) in [5, 5.41) is 5.05. The molecule has 2 rings (SSSR count). The zero-order chi connectivity index (χ0) is 15.4. The molecule has 0 bridgehead atoms. The third-order valence-electron chi connectivity index (χ3n) is 2.57. The lowest BCUT2D eigenvalue weighted by Crippen LogP contribution is -2.21. The number of thiophene rings is 1. The minimum absolute atomic E-state index is 0.111. The van der Waals surface area contributed by atoms with Crippen LogP contribution in [-0.2, 0) is 4.79 Å². The third kappa shape index (κ3) is 3.99. The summed E-state index contributed by atoms with van der Waals surface area (Å²) in [6.07, 6.45) is 3.20. The number of anilines is 1. The number of thiazole rings is 1. The molecule has 0 aliphatic rings. The van der Waals surface area contributed by atoms with Gasteiger partial charge in [-0.2, -0.15) is 0 Å². The number of aryl methyl sites for hydroxylation is 1. The standard InChI is InChI=1S/C14H15N3O2S2/c1-9-12(13(19)17(2)3)21-14(15-9)16-11(18)7-6-10-5-4-8-20-10/h4-8H,1-3H3,(H,15,16,18)/b7-6+. The van der Waals surface area contributed by atoms with Crippen molar-refractivity contribution >= 4 is 45.7 Å². The monoisotopic (exact) mass is 321 g/mol. The summed E-state index contributed by atoms with van der Waals surface area (Å²) in [5.41, 5.74) is 0.622. The van der Waals surface area contributed by atoms with Gasteiger partial charge in [0, 0.05) is 25.0 Å². The highest BCUT2D eigenvalue weighted by molar-refractivity contribution is 7.17. The largest absolute Gasteiger partial charge is 0.344 e. The van der Waals surface area contributed by atoms with E-state index in [4.69, 9.17) is 0 Å². The molecule has 0 aliphatic carbocycles. The van der Waals surface area contributed by atoms with Crippen molar-refractivity contribution in [2.75, 3.05) is 19.4 Å². The first kappa shape index (κ1) is 15.4. The molecule has 7 heteroatoms. The number of aromatic nitrogens is 1. The molecule has 0 aromatic carbocycles. The van der Waals surface area contributed by atoms with Crippen LogP contribution in [0.2, 0.25) is 0 Å². The number of nitrogens with zero attached hydrogens (tertiary/aromatic N) is 2. The van der Waals surface area contributed by atoms with Crippen molar-refractivity contribution in [1.82, 2.24) is 9.88 Å². The SMILES string of the molecule is Cc1nc(NC(=O)/C=C/c2cccs2)sc1C(=O)N(C)C. The summed E-state index contributed by atoms with van der Waals surface area (Å²) in [4.78, 5) is 31.0. The highest BCUT2D eigenvalue weighted by Gasteiger charge is 2.17. The van der Waals surface area contributed by atoms with Gasteiger partial charge in [-0.1, -0.05) is 17.4 Å². The number of carbonyl (C=O) groups excluding carboxylic acids is 2. The maximum Gasteiger partial charge on any atom is 0.265 e. The number of hydrogen-bond acceptors (Lipinski definition) is 5. The molecule has 5 nitrogen and oxygen atoms in total. The van der Waals surface area contributed by atoms with Gasteiger partial charge < -0.3 is 4.90 Å². The average molecular weight is 321 g/mol. The summed E-state index contributed by atoms with van der Waals surface area (Å²) in [5.74, 6) is -0.374. The van der Waals surface area contributed by atoms with E-state index in [1.165, 1.54) is 22.3 Å². The van der Waals surface area contributed by atoms with Gasteiger partial charge in [0.2, 0.25) is 5.91 Å². The molecular weight excluding hydrogens is 306 g/mol. The fraction of sp³-hybridized carbons (Fsp3) is 0.214. The molecule has 0 atom stereocenters. The van der Waals surface area contributed by atoms with Crippen molar-refractivity contribution in [3.63, 3.8) is 0 Å². The Balaban J connectivity index is 2.05. The number of nitrogens with one attached hydrogen (secondary N) is 1. The van der Waals surface area contributed by atoms with Crippen LogP contribution in [-0.4, -0.2) is 35.8 Å². The summed E-state index contributed by atoms with van der Waals surface area (Å²) >= 11 is 2.74. The molecule has 0 radical (unpaired) electrons. The minimum atomic E-state index is -0.263. The van der Waals surface area contributed by atoms with Gasteiger partial charge in [0.1, 0.15) is 4.88 Å². The van der Waals surface area contributed by atoms with Crippen LogP contribution in [0.25, 0.3) is 6.08 Å². The van der Waals surface area contributed by atoms with Gasteiger partial charge in [0.05, 0.1) is 5.69 Å². The molecule has 2 aromatic heterocycles. The fourth-order valence-corrected chi connectivity index (χ4v) is 3.15. The van der Waals surface area contributed by atoms with Gasteiger partial charge in [-0.3, -0.25) is 14.9 Å². The van der Waals surface area contributed by atoms with E-state index in [1.54, 1.807) is 38.4 Å². The number of amides is 2. The molecule has 0 saturated heterocycles. The second-order valence-electron chi connectivity index (χ2n) is 4.47. The Hall–Kier alpha value is -1.99. The maximum atomic E-state index is 11.9. The first-order valence-electron chi connectivity index (χ1n) is 6.19. The lowest BCUT2D eigenvalue weighted by molar-refractivity contribution is -0.111. The van der Waals surface area contributed by atoms with Gasteiger partial charge in [0.15, 0.2) is 5.13 Å². The Kier molecular flexibility index (Phi) is 4.87. The van der Waals surface area contributed by atoms with Gasteiger partial charge in [-0.15, -0.1) is 11.3 Å². The van der Waals surface area contributed by atoms with Crippen molar-refractivity contribution in [1.29, 1.82) is 0 Å². The quantitative estimate of drug-likeness (QED) is 0.881. The Bertz CT molecular complexity index is 672. The predicted molar refractivity (Wildman–Crippen MR) is 86.9 cm³/mol. The van der Waals surface area contributed by atoms with Crippen LogP contribution < -0.4 is 5.32 Å². The molecule has 21 heavy (non-hydrogen) atoms. The zero-order valence-electron chi connectivity index (χ0n) is 11.9. The van der Waals surface area contributed by atoms with Crippen LogP contribution in [0, 0.1) is 6.92 Å². The molecule has 110 valence electrons. The Labute approximate surface area is 130 Å². The van der Waals surface area contributed by atoms with Crippen LogP contribution in [0.15, 0.2) is 23.6 Å². The van der Waals surface area contributed by atoms with Gasteiger partial charge in [0.25, 0.3) is 5.91 Å². The van der Waals surface area contributed by atoms with Crippen LogP contribution >= 0.6 is 22.7 Å². The van der Waals surface area contributed by atoms with Crippen molar-refractivity contribution in [2.45, 2.75) is 6.92 Å². The smallest absolute Gasteiger partial charge is 0.265 e. The molecule has 2 heterocycles. The first-order valence-corrected chi connectivity index (χ1v) is 7.88. The fourth-order valence-electron chi connectivity index (χ4n) is 1.54. The summed E-state index contributed by atoms with van der Waals surface area (Å²) in [6, 6.07) is 3.85. The van der Waals surface area contributed by atoms with E-state index in [-0.39, 0.29) is 11.8 Å². The van der Waals surface area contributed by atoms with E-state index < -0.39 is 0 Å². The highest BCUT2D eigenvalue weighted by Crippen LogP contribution is 2.23. The van der Waals surface area contributed by atoms with E-state index in [1.807, 2.05) is 17.5 Å². The topological polar surface area (TPSA) is 62.3 Å². The second kappa shape index (κ2) is 6.64. The molecule has 2 amide bonds. The number of hydrogen-bond donors (Lipinski definition) is 1. The summed E-state index contributed by atoms with van der Waals surface area (Å²) in [6.45, 7) is 1.75. The van der Waals surface area contributed by atoms with Crippen LogP contribution in [0.4, 0.5) is 5.13 Å². The zero-order valence-corrected chi connectivity index (χ0v) is 13.5. The van der Waals surface area contributed by atoms with E-state index in [0.29, 0.717) is 15.7 Å². The number of rotatable bonds is 4. The molecule has 1 N–H and O–H groups in total. The molecule has 0 fully saturated rings. The lowest BCUT2D eigenvalue weighted by Gasteiger charge is -2.07. The van der Waals surface area contributed by atoms with E-state index in [2.05, 4.69) is 10.3 Å². The third-order valence-corrected chi connectivity index (χ3v) is 4.47. The molecule has 0 aliphatic heterocycles. The molecular formula is C14H15N3O2S2. The molecule has 2 aromatic rings. The highest BCUT2D eigenvalue weighted by atomic mass is 32.1. The summed E-state index contributed by atoms with van der Waals surface area (Å²) in [7, 11) is 3.37. The van der Waals surface area contributed by atoms with E-state index in [0.717, 1.165) is 4.88 Å².